The van der Waals surface area contributed by atoms with Crippen LogP contribution in [0.4, 0.5) is 8.78 Å². The summed E-state index contributed by atoms with van der Waals surface area (Å²) < 4.78 is 44.4. The Morgan fingerprint density at radius 3 is 2.60 bits per heavy atom. The molecular formula is C13H14F2N2OS2. The summed E-state index contributed by atoms with van der Waals surface area (Å²) in [5, 5.41) is 1.82. The summed E-state index contributed by atoms with van der Waals surface area (Å²) in [6, 6.07) is 2.92. The molecule has 20 heavy (non-hydrogen) atoms. The fourth-order valence-electron chi connectivity index (χ4n) is 1.59. The first-order chi connectivity index (χ1) is 9.29. The van der Waals surface area contributed by atoms with Crippen LogP contribution in [0.1, 0.15) is 20.8 Å². The van der Waals surface area contributed by atoms with E-state index in [2.05, 4.69) is 4.40 Å². The minimum atomic E-state index is -1.90. The Bertz CT molecular complexity index is 714. The molecule has 1 atom stereocenters. The van der Waals surface area contributed by atoms with Crippen LogP contribution < -0.4 is 4.80 Å². The molecule has 2 aromatic rings. The summed E-state index contributed by atoms with van der Waals surface area (Å²) in [5.74, 6) is -1.56. The Balaban J connectivity index is 2.46. The molecule has 1 aromatic carbocycles. The summed E-state index contributed by atoms with van der Waals surface area (Å²) in [7, 11) is -1.90. The maximum absolute atomic E-state index is 13.6. The lowest BCUT2D eigenvalue weighted by atomic mass is 10.1. The van der Waals surface area contributed by atoms with Gasteiger partial charge in [0.2, 0.25) is 0 Å². The SMILES string of the molecule is CC(C)(C)n1ccs/c1=N\S(=O)c1ccc(F)cc1F. The average Bonchev–Trinajstić information content (AvgIpc) is 2.76. The highest BCUT2D eigenvalue weighted by Gasteiger charge is 2.15. The monoisotopic (exact) mass is 316 g/mol. The molecule has 1 unspecified atom stereocenters. The predicted octanol–water partition coefficient (Wildman–Crippen LogP) is 3.21. The van der Waals surface area contributed by atoms with Gasteiger partial charge < -0.3 is 4.57 Å². The highest BCUT2D eigenvalue weighted by Crippen LogP contribution is 2.15. The first-order valence-electron chi connectivity index (χ1n) is 5.87. The zero-order valence-electron chi connectivity index (χ0n) is 11.3. The van der Waals surface area contributed by atoms with Gasteiger partial charge in [0.05, 0.1) is 4.90 Å². The quantitative estimate of drug-likeness (QED) is 0.838. The van der Waals surface area contributed by atoms with Crippen LogP contribution in [0.15, 0.2) is 39.1 Å². The average molecular weight is 316 g/mol. The van der Waals surface area contributed by atoms with Gasteiger partial charge in [-0.2, -0.15) is 4.40 Å². The second kappa shape index (κ2) is 5.57. The molecule has 0 spiro atoms. The van der Waals surface area contributed by atoms with Crippen molar-refractivity contribution < 1.29 is 13.0 Å². The van der Waals surface area contributed by atoms with Gasteiger partial charge in [-0.3, -0.25) is 0 Å². The van der Waals surface area contributed by atoms with Crippen LogP contribution in [0.5, 0.6) is 0 Å². The highest BCUT2D eigenvalue weighted by molar-refractivity contribution is 7.83. The van der Waals surface area contributed by atoms with E-state index in [0.717, 1.165) is 12.1 Å². The van der Waals surface area contributed by atoms with Gasteiger partial charge >= 0.3 is 0 Å². The molecule has 0 amide bonds. The number of benzene rings is 1. The summed E-state index contributed by atoms with van der Waals surface area (Å²) in [6.45, 7) is 5.96. The van der Waals surface area contributed by atoms with Crippen LogP contribution in [-0.2, 0) is 16.5 Å². The van der Waals surface area contributed by atoms with Crippen molar-refractivity contribution in [2.45, 2.75) is 31.2 Å². The van der Waals surface area contributed by atoms with Crippen LogP contribution in [-0.4, -0.2) is 8.78 Å². The van der Waals surface area contributed by atoms with Crippen LogP contribution in [0.2, 0.25) is 0 Å². The van der Waals surface area contributed by atoms with E-state index < -0.39 is 22.6 Å². The third-order valence-corrected chi connectivity index (χ3v) is 4.47. The lowest BCUT2D eigenvalue weighted by molar-refractivity contribution is 0.388. The molecule has 108 valence electrons. The van der Waals surface area contributed by atoms with E-state index in [4.69, 9.17) is 0 Å². The third-order valence-electron chi connectivity index (χ3n) is 2.56. The third kappa shape index (κ3) is 3.21. The van der Waals surface area contributed by atoms with E-state index in [1.165, 1.54) is 11.3 Å². The molecule has 0 aliphatic heterocycles. The van der Waals surface area contributed by atoms with E-state index in [1.807, 2.05) is 36.9 Å². The summed E-state index contributed by atoms with van der Waals surface area (Å²) in [4.78, 5) is 0.403. The van der Waals surface area contributed by atoms with Crippen molar-refractivity contribution in [3.05, 3.63) is 46.2 Å². The van der Waals surface area contributed by atoms with Gasteiger partial charge in [0.25, 0.3) is 0 Å². The molecule has 0 aliphatic carbocycles. The summed E-state index contributed by atoms with van der Waals surface area (Å²) in [5.41, 5.74) is -0.218. The Kier molecular flexibility index (Phi) is 4.19. The first kappa shape index (κ1) is 15.1. The van der Waals surface area contributed by atoms with E-state index in [9.17, 15) is 13.0 Å². The van der Waals surface area contributed by atoms with Crippen LogP contribution in [0.25, 0.3) is 0 Å². The van der Waals surface area contributed by atoms with Crippen LogP contribution >= 0.6 is 11.3 Å². The molecule has 1 heterocycles. The van der Waals surface area contributed by atoms with Gasteiger partial charge in [0.1, 0.15) is 11.6 Å². The Labute approximate surface area is 122 Å². The number of thiazole rings is 1. The molecule has 7 heteroatoms. The van der Waals surface area contributed by atoms with Gasteiger partial charge in [0.15, 0.2) is 15.8 Å². The number of nitrogens with zero attached hydrogens (tertiary/aromatic N) is 2. The van der Waals surface area contributed by atoms with Crippen molar-refractivity contribution in [1.82, 2.24) is 4.57 Å². The van der Waals surface area contributed by atoms with Crippen LogP contribution in [0.3, 0.4) is 0 Å². The van der Waals surface area contributed by atoms with Crippen molar-refractivity contribution in [3.63, 3.8) is 0 Å². The fraction of sp³-hybridized carbons (Fsp3) is 0.308. The minimum absolute atomic E-state index is 0.125. The van der Waals surface area contributed by atoms with Crippen molar-refractivity contribution in [2.75, 3.05) is 0 Å². The number of aromatic nitrogens is 1. The zero-order valence-corrected chi connectivity index (χ0v) is 12.9. The molecule has 3 nitrogen and oxygen atoms in total. The second-order valence-electron chi connectivity index (χ2n) is 5.14. The molecule has 0 saturated carbocycles. The predicted molar refractivity (Wildman–Crippen MR) is 75.6 cm³/mol. The van der Waals surface area contributed by atoms with Crippen molar-refractivity contribution >= 4 is 22.3 Å². The normalized spacial score (nSPS) is 14.6. The molecule has 0 fully saturated rings. The highest BCUT2D eigenvalue weighted by atomic mass is 32.2. The van der Waals surface area contributed by atoms with Crippen molar-refractivity contribution in [1.29, 1.82) is 0 Å². The smallest absolute Gasteiger partial charge is 0.199 e. The van der Waals surface area contributed by atoms with Crippen molar-refractivity contribution in [3.8, 4) is 0 Å². The molecule has 0 saturated heterocycles. The van der Waals surface area contributed by atoms with Gasteiger partial charge in [0, 0.05) is 23.2 Å². The van der Waals surface area contributed by atoms with Gasteiger partial charge in [-0.05, 0) is 32.9 Å². The molecule has 0 radical (unpaired) electrons. The lowest BCUT2D eigenvalue weighted by Crippen LogP contribution is -2.30. The molecule has 0 N–H and O–H groups in total. The molecule has 2 rings (SSSR count). The molecule has 0 bridgehead atoms. The minimum Gasteiger partial charge on any atom is -0.318 e. The molecule has 1 aromatic heterocycles. The van der Waals surface area contributed by atoms with E-state index in [0.29, 0.717) is 10.9 Å². The summed E-state index contributed by atoms with van der Waals surface area (Å²) in [6.07, 6.45) is 1.84. The molecular weight excluding hydrogens is 302 g/mol. The van der Waals surface area contributed by atoms with E-state index in [-0.39, 0.29) is 10.4 Å². The zero-order chi connectivity index (χ0) is 14.9. The Hall–Kier alpha value is -1.34. The maximum atomic E-state index is 13.6. The topological polar surface area (TPSA) is 34.4 Å². The molecule has 0 aliphatic rings. The maximum Gasteiger partial charge on any atom is 0.199 e. The first-order valence-corrected chi connectivity index (χ1v) is 7.86. The standard InChI is InChI=1S/C13H14F2N2OS2/c1-13(2,3)17-6-7-19-12(17)16-20(18)11-5-4-9(14)8-10(11)15/h4-8H,1-3H3/b16-12-. The van der Waals surface area contributed by atoms with E-state index in [1.54, 1.807) is 0 Å². The Morgan fingerprint density at radius 1 is 1.30 bits per heavy atom. The second-order valence-corrected chi connectivity index (χ2v) is 7.14. The van der Waals surface area contributed by atoms with Gasteiger partial charge in [-0.1, -0.05) is 0 Å². The number of hydrogen-bond donors (Lipinski definition) is 0. The Morgan fingerprint density at radius 2 is 2.00 bits per heavy atom. The lowest BCUT2D eigenvalue weighted by Gasteiger charge is -2.20. The van der Waals surface area contributed by atoms with Crippen LogP contribution in [0, 0.1) is 11.6 Å². The summed E-state index contributed by atoms with van der Waals surface area (Å²) >= 11 is 1.32. The van der Waals surface area contributed by atoms with Crippen molar-refractivity contribution in [2.24, 2.45) is 4.40 Å². The largest absolute Gasteiger partial charge is 0.318 e. The number of rotatable bonds is 2. The number of hydrogen-bond acceptors (Lipinski definition) is 2. The van der Waals surface area contributed by atoms with Gasteiger partial charge in [-0.25, -0.2) is 13.0 Å². The fourth-order valence-corrected chi connectivity index (χ4v) is 3.45. The van der Waals surface area contributed by atoms with E-state index >= 15 is 0 Å². The number of halogens is 2. The van der Waals surface area contributed by atoms with Gasteiger partial charge in [-0.15, -0.1) is 11.3 Å².